The van der Waals surface area contributed by atoms with Gasteiger partial charge in [0.15, 0.2) is 0 Å². The van der Waals surface area contributed by atoms with Crippen LogP contribution in [0.3, 0.4) is 0 Å². The highest BCUT2D eigenvalue weighted by Crippen LogP contribution is 2.31. The molecule has 0 fully saturated rings. The van der Waals surface area contributed by atoms with Crippen molar-refractivity contribution in [3.8, 4) is 5.75 Å². The van der Waals surface area contributed by atoms with Crippen LogP contribution in [-0.4, -0.2) is 15.0 Å². The molecule has 0 radical (unpaired) electrons. The third kappa shape index (κ3) is 4.43. The van der Waals surface area contributed by atoms with Crippen LogP contribution in [0.4, 0.5) is 4.39 Å². The summed E-state index contributed by atoms with van der Waals surface area (Å²) in [6, 6.07) is 11.8. The van der Waals surface area contributed by atoms with Crippen molar-refractivity contribution >= 4 is 35.7 Å². The normalized spacial score (nSPS) is 11.4. The molecule has 0 aromatic heterocycles. The van der Waals surface area contributed by atoms with Crippen LogP contribution in [0.25, 0.3) is 0 Å². The fraction of sp³-hybridized carbons (Fsp3) is 0.143. The molecule has 7 heteroatoms. The summed E-state index contributed by atoms with van der Waals surface area (Å²) in [7, 11) is 1.02. The van der Waals surface area contributed by atoms with E-state index in [-0.39, 0.29) is 5.75 Å². The van der Waals surface area contributed by atoms with E-state index in [9.17, 15) is 12.8 Å². The third-order valence-corrected chi connectivity index (χ3v) is 4.70. The fourth-order valence-electron chi connectivity index (χ4n) is 1.73. The molecule has 2 aromatic rings. The Hall–Kier alpha value is -1.11. The molecule has 112 valence electrons. The number of ether oxygens (including phenoxy) is 1. The summed E-state index contributed by atoms with van der Waals surface area (Å²) in [4.78, 5) is -0.577. The minimum atomic E-state index is -4.12. The summed E-state index contributed by atoms with van der Waals surface area (Å²) >= 11 is 3.15. The molecule has 0 aliphatic carbocycles. The monoisotopic (exact) mass is 392 g/mol. The molecule has 0 spiro atoms. The van der Waals surface area contributed by atoms with E-state index in [0.717, 1.165) is 17.7 Å². The van der Waals surface area contributed by atoms with Crippen LogP contribution in [0.15, 0.2) is 51.8 Å². The van der Waals surface area contributed by atoms with E-state index in [0.29, 0.717) is 17.5 Å². The second-order valence-electron chi connectivity index (χ2n) is 4.23. The Labute approximate surface area is 135 Å². The largest absolute Gasteiger partial charge is 0.492 e. The van der Waals surface area contributed by atoms with Gasteiger partial charge in [-0.1, -0.05) is 30.3 Å². The first-order valence-electron chi connectivity index (χ1n) is 5.98. The molecule has 0 amide bonds. The highest BCUT2D eigenvalue weighted by Gasteiger charge is 2.19. The number of hydrogen-bond acceptors (Lipinski definition) is 3. The first kappa shape index (κ1) is 16.3. The molecule has 0 unspecified atom stereocenters. The second kappa shape index (κ2) is 6.77. The Kier molecular flexibility index (Phi) is 5.24. The standard InChI is InChI=1S/C14H11BrClFO3S/c15-11-8-14(21(16,18)19)12(17)9-13(11)20-7-6-10-4-2-1-3-5-10/h1-5,8-9H,6-7H2. The highest BCUT2D eigenvalue weighted by molar-refractivity contribution is 9.10. The topological polar surface area (TPSA) is 43.4 Å². The van der Waals surface area contributed by atoms with Gasteiger partial charge < -0.3 is 4.74 Å². The first-order valence-corrected chi connectivity index (χ1v) is 9.08. The Balaban J connectivity index is 2.09. The first-order chi connectivity index (χ1) is 9.88. The van der Waals surface area contributed by atoms with Gasteiger partial charge in [0.25, 0.3) is 9.05 Å². The van der Waals surface area contributed by atoms with Crippen molar-refractivity contribution in [2.24, 2.45) is 0 Å². The molecule has 0 bridgehead atoms. The van der Waals surface area contributed by atoms with Crippen molar-refractivity contribution in [1.82, 2.24) is 0 Å². The van der Waals surface area contributed by atoms with Crippen molar-refractivity contribution in [2.45, 2.75) is 11.3 Å². The molecular weight excluding hydrogens is 383 g/mol. The summed E-state index contributed by atoms with van der Waals surface area (Å²) in [6.45, 7) is 0.342. The molecule has 0 aliphatic rings. The molecule has 21 heavy (non-hydrogen) atoms. The second-order valence-corrected chi connectivity index (χ2v) is 7.62. The average Bonchev–Trinajstić information content (AvgIpc) is 2.42. The smallest absolute Gasteiger partial charge is 0.264 e. The molecule has 0 N–H and O–H groups in total. The predicted molar refractivity (Wildman–Crippen MR) is 82.8 cm³/mol. The van der Waals surface area contributed by atoms with Crippen LogP contribution in [0.1, 0.15) is 5.56 Å². The van der Waals surface area contributed by atoms with Crippen LogP contribution in [0.5, 0.6) is 5.75 Å². The van der Waals surface area contributed by atoms with Crippen molar-refractivity contribution < 1.29 is 17.5 Å². The van der Waals surface area contributed by atoms with Gasteiger partial charge in [0, 0.05) is 23.2 Å². The Morgan fingerprint density at radius 3 is 2.48 bits per heavy atom. The lowest BCUT2D eigenvalue weighted by Gasteiger charge is -2.10. The van der Waals surface area contributed by atoms with Gasteiger partial charge in [-0.2, -0.15) is 0 Å². The van der Waals surface area contributed by atoms with Crippen molar-refractivity contribution in [1.29, 1.82) is 0 Å². The minimum Gasteiger partial charge on any atom is -0.492 e. The van der Waals surface area contributed by atoms with Gasteiger partial charge in [-0.3, -0.25) is 0 Å². The molecular formula is C14H11BrClFO3S. The zero-order valence-electron chi connectivity index (χ0n) is 10.7. The van der Waals surface area contributed by atoms with Crippen LogP contribution in [-0.2, 0) is 15.5 Å². The zero-order chi connectivity index (χ0) is 15.5. The van der Waals surface area contributed by atoms with Crippen LogP contribution in [0, 0.1) is 5.82 Å². The molecule has 3 nitrogen and oxygen atoms in total. The third-order valence-electron chi connectivity index (χ3n) is 2.74. The maximum absolute atomic E-state index is 13.7. The molecule has 0 heterocycles. The highest BCUT2D eigenvalue weighted by atomic mass is 79.9. The van der Waals surface area contributed by atoms with Crippen LogP contribution >= 0.6 is 26.6 Å². The van der Waals surface area contributed by atoms with Gasteiger partial charge in [0.05, 0.1) is 11.1 Å². The number of benzene rings is 2. The molecule has 0 saturated carbocycles. The van der Waals surface area contributed by atoms with Crippen LogP contribution in [0.2, 0.25) is 0 Å². The Bertz CT molecular complexity index is 735. The van der Waals surface area contributed by atoms with E-state index < -0.39 is 19.8 Å². The molecule has 0 atom stereocenters. The van der Waals surface area contributed by atoms with Gasteiger partial charge in [-0.25, -0.2) is 12.8 Å². The lowest BCUT2D eigenvalue weighted by Crippen LogP contribution is -2.03. The number of rotatable bonds is 5. The van der Waals surface area contributed by atoms with E-state index in [2.05, 4.69) is 15.9 Å². The van der Waals surface area contributed by atoms with Gasteiger partial charge in [-0.15, -0.1) is 0 Å². The molecule has 2 aromatic carbocycles. The average molecular weight is 394 g/mol. The SMILES string of the molecule is O=S(=O)(Cl)c1cc(Br)c(OCCc2ccccc2)cc1F. The van der Waals surface area contributed by atoms with Crippen molar-refractivity contribution in [3.05, 3.63) is 58.3 Å². The maximum atomic E-state index is 13.7. The van der Waals surface area contributed by atoms with Crippen molar-refractivity contribution in [2.75, 3.05) is 6.61 Å². The predicted octanol–water partition coefficient (Wildman–Crippen LogP) is 4.14. The summed E-state index contributed by atoms with van der Waals surface area (Å²) in [5, 5.41) is 0. The number of halogens is 3. The Morgan fingerprint density at radius 1 is 1.19 bits per heavy atom. The van der Waals surface area contributed by atoms with E-state index in [1.807, 2.05) is 30.3 Å². The number of hydrogen-bond donors (Lipinski definition) is 0. The summed E-state index contributed by atoms with van der Waals surface area (Å²) in [6.07, 6.45) is 0.657. The Morgan fingerprint density at radius 2 is 1.86 bits per heavy atom. The van der Waals surface area contributed by atoms with Gasteiger partial charge >= 0.3 is 0 Å². The zero-order valence-corrected chi connectivity index (χ0v) is 13.9. The van der Waals surface area contributed by atoms with Crippen molar-refractivity contribution in [3.63, 3.8) is 0 Å². The molecule has 0 aliphatic heterocycles. The summed E-state index contributed by atoms with van der Waals surface area (Å²) in [5.74, 6) is -0.713. The summed E-state index contributed by atoms with van der Waals surface area (Å²) < 4.78 is 41.9. The van der Waals surface area contributed by atoms with E-state index in [1.165, 1.54) is 0 Å². The lowest BCUT2D eigenvalue weighted by molar-refractivity contribution is 0.317. The van der Waals surface area contributed by atoms with E-state index >= 15 is 0 Å². The lowest BCUT2D eigenvalue weighted by atomic mass is 10.2. The quantitative estimate of drug-likeness (QED) is 0.717. The fourth-order valence-corrected chi connectivity index (χ4v) is 3.25. The van der Waals surface area contributed by atoms with Gasteiger partial charge in [-0.05, 0) is 27.6 Å². The van der Waals surface area contributed by atoms with E-state index in [4.69, 9.17) is 15.4 Å². The van der Waals surface area contributed by atoms with E-state index in [1.54, 1.807) is 0 Å². The van der Waals surface area contributed by atoms with Gasteiger partial charge in [0.2, 0.25) is 0 Å². The summed E-state index contributed by atoms with van der Waals surface area (Å²) in [5.41, 5.74) is 1.09. The molecule has 0 saturated heterocycles. The maximum Gasteiger partial charge on any atom is 0.264 e. The van der Waals surface area contributed by atoms with Crippen LogP contribution < -0.4 is 4.74 Å². The minimum absolute atomic E-state index is 0.229. The molecule has 2 rings (SSSR count). The van der Waals surface area contributed by atoms with Gasteiger partial charge in [0.1, 0.15) is 16.5 Å².